The Morgan fingerprint density at radius 2 is 0.977 bits per heavy atom. The lowest BCUT2D eigenvalue weighted by atomic mass is 9.89. The van der Waals surface area contributed by atoms with E-state index in [0.717, 1.165) is 16.7 Å². The van der Waals surface area contributed by atoms with Crippen molar-refractivity contribution in [3.63, 3.8) is 0 Å². The van der Waals surface area contributed by atoms with Crippen molar-refractivity contribution < 1.29 is 4.39 Å². The maximum absolute atomic E-state index is 14.2. The lowest BCUT2D eigenvalue weighted by Gasteiger charge is -2.15. The van der Waals surface area contributed by atoms with Gasteiger partial charge in [-0.1, -0.05) is 97.1 Å². The number of benzene rings is 9. The molecule has 9 aromatic carbocycles. The van der Waals surface area contributed by atoms with Crippen LogP contribution in [-0.4, -0.2) is 4.57 Å². The molecule has 1 aromatic heterocycles. The zero-order valence-corrected chi connectivity index (χ0v) is 23.7. The summed E-state index contributed by atoms with van der Waals surface area (Å²) in [6, 6.07) is 51.2. The van der Waals surface area contributed by atoms with Crippen LogP contribution in [0.3, 0.4) is 0 Å². The van der Waals surface area contributed by atoms with Gasteiger partial charge in [-0.2, -0.15) is 0 Å². The molecule has 0 bridgehead atoms. The van der Waals surface area contributed by atoms with Crippen LogP contribution in [0.1, 0.15) is 0 Å². The first-order chi connectivity index (χ1) is 21.7. The smallest absolute Gasteiger partial charge is 0.123 e. The second-order valence-electron chi connectivity index (χ2n) is 11.9. The molecule has 0 aliphatic rings. The summed E-state index contributed by atoms with van der Waals surface area (Å²) in [6.07, 6.45) is 0. The molecular weight excluding hydrogens is 537 g/mol. The normalized spacial score (nSPS) is 12.2. The Balaban J connectivity index is 1.33. The van der Waals surface area contributed by atoms with Gasteiger partial charge in [0.1, 0.15) is 5.82 Å². The first-order valence-corrected chi connectivity index (χ1v) is 15.0. The SMILES string of the molecule is Fc1ccc(-n2c3cc(-c4ccccc4)cc4ccc5cc(-c6ccc7ccc8cccc9ccc6c7c89)cc2c5c43)cc1. The fraction of sp³-hybridized carbons (Fsp3) is 0. The van der Waals surface area contributed by atoms with Gasteiger partial charge in [0.2, 0.25) is 0 Å². The van der Waals surface area contributed by atoms with Crippen molar-refractivity contribution in [2.75, 3.05) is 0 Å². The minimum Gasteiger partial charge on any atom is -0.309 e. The summed E-state index contributed by atoms with van der Waals surface area (Å²) in [5.41, 5.74) is 7.93. The van der Waals surface area contributed by atoms with Crippen molar-refractivity contribution in [2.45, 2.75) is 0 Å². The number of hydrogen-bond acceptors (Lipinski definition) is 0. The lowest BCUT2D eigenvalue weighted by molar-refractivity contribution is 0.627. The van der Waals surface area contributed by atoms with E-state index in [9.17, 15) is 4.39 Å². The molecule has 10 aromatic rings. The molecule has 0 atom stereocenters. The molecule has 0 N–H and O–H groups in total. The Bertz CT molecular complexity index is 2680. The molecule has 0 fully saturated rings. The van der Waals surface area contributed by atoms with Crippen LogP contribution >= 0.6 is 0 Å². The molecule has 44 heavy (non-hydrogen) atoms. The molecule has 0 amide bonds. The van der Waals surface area contributed by atoms with Crippen LogP contribution in [0.2, 0.25) is 0 Å². The number of aromatic nitrogens is 1. The van der Waals surface area contributed by atoms with Crippen LogP contribution in [0.25, 0.3) is 92.8 Å². The first kappa shape index (κ1) is 23.8. The largest absolute Gasteiger partial charge is 0.309 e. The van der Waals surface area contributed by atoms with Crippen LogP contribution in [0.15, 0.2) is 146 Å². The average molecular weight is 562 g/mol. The van der Waals surface area contributed by atoms with Gasteiger partial charge < -0.3 is 4.57 Å². The molecule has 0 saturated heterocycles. The van der Waals surface area contributed by atoms with Gasteiger partial charge in [-0.15, -0.1) is 0 Å². The monoisotopic (exact) mass is 561 g/mol. The van der Waals surface area contributed by atoms with Crippen molar-refractivity contribution in [2.24, 2.45) is 0 Å². The van der Waals surface area contributed by atoms with Gasteiger partial charge >= 0.3 is 0 Å². The zero-order chi connectivity index (χ0) is 28.9. The second kappa shape index (κ2) is 8.65. The van der Waals surface area contributed by atoms with Crippen molar-refractivity contribution in [3.8, 4) is 27.9 Å². The molecule has 1 nitrogen and oxygen atoms in total. The molecule has 0 aliphatic heterocycles. The first-order valence-electron chi connectivity index (χ1n) is 15.0. The Morgan fingerprint density at radius 3 is 1.70 bits per heavy atom. The Hall–Kier alpha value is -5.73. The van der Waals surface area contributed by atoms with E-state index in [1.807, 2.05) is 18.2 Å². The van der Waals surface area contributed by atoms with E-state index >= 15 is 0 Å². The summed E-state index contributed by atoms with van der Waals surface area (Å²) in [4.78, 5) is 0. The van der Waals surface area contributed by atoms with Crippen LogP contribution < -0.4 is 0 Å². The van der Waals surface area contributed by atoms with Gasteiger partial charge in [0.15, 0.2) is 0 Å². The molecule has 1 heterocycles. The third-order valence-electron chi connectivity index (χ3n) is 9.50. The molecule has 204 valence electrons. The van der Waals surface area contributed by atoms with E-state index in [2.05, 4.69) is 120 Å². The van der Waals surface area contributed by atoms with E-state index in [0.29, 0.717) is 0 Å². The predicted molar refractivity (Wildman–Crippen MR) is 184 cm³/mol. The van der Waals surface area contributed by atoms with Crippen LogP contribution in [-0.2, 0) is 0 Å². The number of nitrogens with zero attached hydrogens (tertiary/aromatic N) is 1. The third-order valence-corrected chi connectivity index (χ3v) is 9.50. The highest BCUT2D eigenvalue weighted by Crippen LogP contribution is 2.45. The average Bonchev–Trinajstić information content (AvgIpc) is 3.41. The maximum Gasteiger partial charge on any atom is 0.123 e. The summed E-state index contributed by atoms with van der Waals surface area (Å²) in [5, 5.41) is 12.6. The van der Waals surface area contributed by atoms with Crippen molar-refractivity contribution in [3.05, 3.63) is 151 Å². The van der Waals surface area contributed by atoms with Gasteiger partial charge in [0.05, 0.1) is 11.0 Å². The Labute approximate surface area is 252 Å². The highest BCUT2D eigenvalue weighted by Gasteiger charge is 2.20. The number of rotatable bonds is 3. The molecule has 0 spiro atoms. The molecule has 0 radical (unpaired) electrons. The van der Waals surface area contributed by atoms with E-state index in [1.54, 1.807) is 12.1 Å². The highest BCUT2D eigenvalue weighted by molar-refractivity contribution is 6.28. The summed E-state index contributed by atoms with van der Waals surface area (Å²) >= 11 is 0. The quantitative estimate of drug-likeness (QED) is 0.189. The second-order valence-corrected chi connectivity index (χ2v) is 11.9. The minimum atomic E-state index is -0.235. The topological polar surface area (TPSA) is 4.93 Å². The Kier molecular flexibility index (Phi) is 4.68. The molecule has 0 unspecified atom stereocenters. The number of hydrogen-bond donors (Lipinski definition) is 0. The summed E-state index contributed by atoms with van der Waals surface area (Å²) in [7, 11) is 0. The zero-order valence-electron chi connectivity index (χ0n) is 23.7. The lowest BCUT2D eigenvalue weighted by Crippen LogP contribution is -1.95. The van der Waals surface area contributed by atoms with Crippen molar-refractivity contribution >= 4 is 64.9 Å². The summed E-state index contributed by atoms with van der Waals surface area (Å²) in [5.74, 6) is -0.235. The van der Waals surface area contributed by atoms with Crippen molar-refractivity contribution in [1.29, 1.82) is 0 Å². The standard InChI is InChI=1S/C42H24FN/c43-33-15-17-34(18-16-33)44-37-23-31(25-5-2-1-3-6-25)21-29-11-12-30-22-32(24-38(44)42(30)41(29)37)35-19-13-28-10-9-26-7-4-8-27-14-20-36(35)40(28)39(26)27/h1-24H. The predicted octanol–water partition coefficient (Wildman–Crippen LogP) is 11.7. The fourth-order valence-electron chi connectivity index (χ4n) is 7.58. The number of halogens is 1. The molecule has 2 heteroatoms. The van der Waals surface area contributed by atoms with Gasteiger partial charge in [-0.05, 0) is 114 Å². The Morgan fingerprint density at radius 1 is 0.386 bits per heavy atom. The summed E-state index contributed by atoms with van der Waals surface area (Å²) in [6.45, 7) is 0. The van der Waals surface area contributed by atoms with Crippen LogP contribution in [0, 0.1) is 5.82 Å². The van der Waals surface area contributed by atoms with Crippen LogP contribution in [0.4, 0.5) is 4.39 Å². The van der Waals surface area contributed by atoms with E-state index in [1.165, 1.54) is 76.1 Å². The van der Waals surface area contributed by atoms with Gasteiger partial charge in [-0.25, -0.2) is 4.39 Å². The maximum atomic E-state index is 14.2. The molecule has 0 saturated carbocycles. The highest BCUT2D eigenvalue weighted by atomic mass is 19.1. The van der Waals surface area contributed by atoms with Gasteiger partial charge in [0, 0.05) is 16.5 Å². The molecule has 10 rings (SSSR count). The van der Waals surface area contributed by atoms with E-state index in [4.69, 9.17) is 0 Å². The third kappa shape index (κ3) is 3.23. The summed E-state index contributed by atoms with van der Waals surface area (Å²) < 4.78 is 16.5. The van der Waals surface area contributed by atoms with E-state index in [-0.39, 0.29) is 5.82 Å². The van der Waals surface area contributed by atoms with Gasteiger partial charge in [-0.3, -0.25) is 0 Å². The van der Waals surface area contributed by atoms with E-state index < -0.39 is 0 Å². The minimum absolute atomic E-state index is 0.235. The van der Waals surface area contributed by atoms with Crippen LogP contribution in [0.5, 0.6) is 0 Å². The van der Waals surface area contributed by atoms with Gasteiger partial charge in [0.25, 0.3) is 0 Å². The van der Waals surface area contributed by atoms with Crippen molar-refractivity contribution in [1.82, 2.24) is 4.57 Å². The molecular formula is C42H24FN. The fourth-order valence-corrected chi connectivity index (χ4v) is 7.58. The molecule has 0 aliphatic carbocycles.